The third-order valence-electron chi connectivity index (χ3n) is 12.8. The molecule has 0 radical (unpaired) electrons. The molecule has 2 heteroatoms. The van der Waals surface area contributed by atoms with Crippen LogP contribution in [0.2, 0.25) is 0 Å². The van der Waals surface area contributed by atoms with Crippen molar-refractivity contribution in [1.82, 2.24) is 9.97 Å². The van der Waals surface area contributed by atoms with Gasteiger partial charge in [0.2, 0.25) is 0 Å². The zero-order chi connectivity index (χ0) is 40.3. The van der Waals surface area contributed by atoms with Gasteiger partial charge in [0, 0.05) is 16.7 Å². The van der Waals surface area contributed by atoms with Crippen molar-refractivity contribution < 1.29 is 0 Å². The summed E-state index contributed by atoms with van der Waals surface area (Å²) in [6.07, 6.45) is 0. The number of benzene rings is 9. The normalized spacial score (nSPS) is 12.7. The van der Waals surface area contributed by atoms with Crippen molar-refractivity contribution in [3.8, 4) is 89.5 Å². The summed E-state index contributed by atoms with van der Waals surface area (Å²) >= 11 is 0. The fourth-order valence-electron chi connectivity index (χ4n) is 10.2. The van der Waals surface area contributed by atoms with Gasteiger partial charge in [-0.3, -0.25) is 0 Å². The largest absolute Gasteiger partial charge is 0.228 e. The first-order valence-electron chi connectivity index (χ1n) is 21.0. The van der Waals surface area contributed by atoms with Gasteiger partial charge in [-0.15, -0.1) is 0 Å². The number of rotatable bonds is 5. The Hall–Kier alpha value is -7.94. The second-order valence-electron chi connectivity index (χ2n) is 16.0. The second-order valence-corrected chi connectivity index (χ2v) is 16.0. The summed E-state index contributed by atoms with van der Waals surface area (Å²) in [6.45, 7) is 0. The first kappa shape index (κ1) is 35.0. The van der Waals surface area contributed by atoms with Crippen LogP contribution in [0.1, 0.15) is 22.3 Å². The highest BCUT2D eigenvalue weighted by molar-refractivity contribution is 5.98. The Bertz CT molecular complexity index is 3140. The molecule has 10 aromatic rings. The minimum absolute atomic E-state index is 0.548. The lowest BCUT2D eigenvalue weighted by atomic mass is 9.66. The van der Waals surface area contributed by atoms with Crippen molar-refractivity contribution in [2.75, 3.05) is 0 Å². The topological polar surface area (TPSA) is 25.8 Å². The average molecular weight is 775 g/mol. The minimum atomic E-state index is -0.548. The lowest BCUT2D eigenvalue weighted by Crippen LogP contribution is -2.29. The van der Waals surface area contributed by atoms with Gasteiger partial charge in [0.25, 0.3) is 0 Å². The molecule has 0 amide bonds. The van der Waals surface area contributed by atoms with Crippen LogP contribution in [0.4, 0.5) is 0 Å². The third kappa shape index (κ3) is 5.43. The Kier molecular flexibility index (Phi) is 8.11. The van der Waals surface area contributed by atoms with Crippen molar-refractivity contribution >= 4 is 0 Å². The Morgan fingerprint density at radius 2 is 0.574 bits per heavy atom. The van der Waals surface area contributed by atoms with E-state index in [0.717, 1.165) is 50.3 Å². The minimum Gasteiger partial charge on any atom is -0.228 e. The first-order valence-corrected chi connectivity index (χ1v) is 21.0. The van der Waals surface area contributed by atoms with E-state index in [2.05, 4.69) is 231 Å². The lowest BCUT2D eigenvalue weighted by molar-refractivity contribution is 0.775. The van der Waals surface area contributed by atoms with Gasteiger partial charge in [-0.1, -0.05) is 218 Å². The SMILES string of the molecule is c1ccc(-c2ccccc2-c2cc(-c3ccccc3-c3ccccc3)nc(-c3ccc4c(c3)-c3ccccc3C43c4ccccc4-c4ccccc4-c4ccccc43)n2)cc1. The summed E-state index contributed by atoms with van der Waals surface area (Å²) in [6, 6.07) is 83.5. The molecule has 12 rings (SSSR count). The van der Waals surface area contributed by atoms with Crippen molar-refractivity contribution in [2.24, 2.45) is 0 Å². The number of aromatic nitrogens is 2. The molecule has 0 N–H and O–H groups in total. The van der Waals surface area contributed by atoms with E-state index in [-0.39, 0.29) is 0 Å². The summed E-state index contributed by atoms with van der Waals surface area (Å²) in [4.78, 5) is 11.0. The summed E-state index contributed by atoms with van der Waals surface area (Å²) in [7, 11) is 0. The molecule has 0 fully saturated rings. The van der Waals surface area contributed by atoms with E-state index in [1.165, 1.54) is 55.6 Å². The number of hydrogen-bond donors (Lipinski definition) is 0. The molecule has 0 unspecified atom stereocenters. The number of fused-ring (bicyclic) bond motifs is 12. The molecule has 0 saturated carbocycles. The number of nitrogens with zero attached hydrogens (tertiary/aromatic N) is 2. The maximum absolute atomic E-state index is 5.48. The molecule has 0 atom stereocenters. The van der Waals surface area contributed by atoms with Crippen LogP contribution in [0.25, 0.3) is 89.5 Å². The van der Waals surface area contributed by atoms with Crippen molar-refractivity contribution in [1.29, 1.82) is 0 Å². The Balaban J connectivity index is 1.12. The molecule has 0 saturated heterocycles. The smallest absolute Gasteiger partial charge is 0.160 e. The molecular weight excluding hydrogens is 737 g/mol. The average Bonchev–Trinajstić information content (AvgIpc) is 3.58. The molecule has 1 aromatic heterocycles. The molecule has 2 aliphatic carbocycles. The van der Waals surface area contributed by atoms with Crippen molar-refractivity contribution in [2.45, 2.75) is 5.41 Å². The maximum atomic E-state index is 5.48. The van der Waals surface area contributed by atoms with Gasteiger partial charge in [-0.05, 0) is 90.0 Å². The number of hydrogen-bond acceptors (Lipinski definition) is 2. The quantitative estimate of drug-likeness (QED) is 0.174. The fourth-order valence-corrected chi connectivity index (χ4v) is 10.2. The first-order chi connectivity index (χ1) is 30.3. The molecule has 9 aromatic carbocycles. The third-order valence-corrected chi connectivity index (χ3v) is 12.8. The highest BCUT2D eigenvalue weighted by Gasteiger charge is 2.49. The van der Waals surface area contributed by atoms with E-state index >= 15 is 0 Å². The maximum Gasteiger partial charge on any atom is 0.160 e. The van der Waals surface area contributed by atoms with E-state index in [4.69, 9.17) is 9.97 Å². The van der Waals surface area contributed by atoms with Gasteiger partial charge in [0.05, 0.1) is 16.8 Å². The van der Waals surface area contributed by atoms with Gasteiger partial charge < -0.3 is 0 Å². The van der Waals surface area contributed by atoms with Crippen molar-refractivity contribution in [3.05, 3.63) is 253 Å². The molecule has 1 spiro atoms. The summed E-state index contributed by atoms with van der Waals surface area (Å²) in [5.74, 6) is 0.688. The predicted octanol–water partition coefficient (Wildman–Crippen LogP) is 14.8. The van der Waals surface area contributed by atoms with Crippen LogP contribution in [0.15, 0.2) is 231 Å². The summed E-state index contributed by atoms with van der Waals surface area (Å²) < 4.78 is 0. The zero-order valence-electron chi connectivity index (χ0n) is 33.3. The van der Waals surface area contributed by atoms with Crippen LogP contribution >= 0.6 is 0 Å². The van der Waals surface area contributed by atoms with Crippen LogP contribution in [0.3, 0.4) is 0 Å². The summed E-state index contributed by atoms with van der Waals surface area (Å²) in [5.41, 5.74) is 21.5. The Morgan fingerprint density at radius 3 is 1.03 bits per heavy atom. The molecule has 0 bridgehead atoms. The monoisotopic (exact) mass is 774 g/mol. The van der Waals surface area contributed by atoms with E-state index < -0.39 is 5.41 Å². The van der Waals surface area contributed by atoms with Gasteiger partial charge >= 0.3 is 0 Å². The molecule has 284 valence electrons. The summed E-state index contributed by atoms with van der Waals surface area (Å²) in [5, 5.41) is 0. The second kappa shape index (κ2) is 14.1. The Labute approximate surface area is 356 Å². The predicted molar refractivity (Wildman–Crippen MR) is 251 cm³/mol. The van der Waals surface area contributed by atoms with Crippen LogP contribution in [0, 0.1) is 0 Å². The lowest BCUT2D eigenvalue weighted by Gasteiger charge is -2.35. The molecule has 2 nitrogen and oxygen atoms in total. The van der Waals surface area contributed by atoms with Crippen LogP contribution in [0.5, 0.6) is 0 Å². The van der Waals surface area contributed by atoms with Gasteiger partial charge in [0.15, 0.2) is 5.82 Å². The highest BCUT2D eigenvalue weighted by Crippen LogP contribution is 2.61. The molecule has 0 aliphatic heterocycles. The van der Waals surface area contributed by atoms with E-state index in [1.54, 1.807) is 0 Å². The fraction of sp³-hybridized carbons (Fsp3) is 0.0169. The zero-order valence-corrected chi connectivity index (χ0v) is 33.3. The van der Waals surface area contributed by atoms with E-state index in [0.29, 0.717) is 5.82 Å². The highest BCUT2D eigenvalue weighted by atomic mass is 14.9. The molecule has 61 heavy (non-hydrogen) atoms. The van der Waals surface area contributed by atoms with Crippen LogP contribution in [-0.2, 0) is 5.41 Å². The van der Waals surface area contributed by atoms with E-state index in [1.807, 2.05) is 0 Å². The van der Waals surface area contributed by atoms with Gasteiger partial charge in [0.1, 0.15) is 0 Å². The Morgan fingerprint density at radius 1 is 0.230 bits per heavy atom. The van der Waals surface area contributed by atoms with Gasteiger partial charge in [-0.2, -0.15) is 0 Å². The molecular formula is C59H38N2. The molecule has 2 aliphatic rings. The molecule has 1 heterocycles. The van der Waals surface area contributed by atoms with Gasteiger partial charge in [-0.25, -0.2) is 9.97 Å². The van der Waals surface area contributed by atoms with Crippen molar-refractivity contribution in [3.63, 3.8) is 0 Å². The van der Waals surface area contributed by atoms with Crippen LogP contribution < -0.4 is 0 Å². The van der Waals surface area contributed by atoms with E-state index in [9.17, 15) is 0 Å². The van der Waals surface area contributed by atoms with Crippen LogP contribution in [-0.4, -0.2) is 9.97 Å². The standard InChI is InChI=1S/C59H38N2/c1-3-19-39(20-4-1)42-23-7-11-30-49(42)56-38-57(50-31-12-8-24-43(50)40-21-5-2-6-22-40)61-58(60-56)41-35-36-55-51(37-41)48-29-15-18-34-54(48)59(55)52-32-16-13-27-46(52)44-25-9-10-26-45(44)47-28-14-17-33-53(47)59/h1-38H.